The van der Waals surface area contributed by atoms with Crippen LogP contribution >= 0.6 is 0 Å². The first-order chi connectivity index (χ1) is 13.0. The van der Waals surface area contributed by atoms with Crippen molar-refractivity contribution in [1.29, 1.82) is 0 Å². The fraction of sp³-hybridized carbons (Fsp3) is 0.211. The summed E-state index contributed by atoms with van der Waals surface area (Å²) in [7, 11) is 4.61. The number of nitrogens with zero attached hydrogens (tertiary/aromatic N) is 5. The number of hydrogen-bond donors (Lipinski definition) is 0. The Morgan fingerprint density at radius 1 is 1.07 bits per heavy atom. The van der Waals surface area contributed by atoms with Gasteiger partial charge in [-0.25, -0.2) is 9.59 Å². The molecule has 0 aliphatic carbocycles. The first kappa shape index (κ1) is 18.2. The van der Waals surface area contributed by atoms with Gasteiger partial charge in [-0.1, -0.05) is 41.2 Å². The molecule has 0 N–H and O–H groups in total. The molecule has 1 amide bonds. The zero-order valence-corrected chi connectivity index (χ0v) is 15.3. The maximum Gasteiger partial charge on any atom is 0.362 e. The first-order valence-electron chi connectivity index (χ1n) is 8.26. The maximum absolute atomic E-state index is 11.8. The highest BCUT2D eigenvalue weighted by atomic mass is 16.5. The van der Waals surface area contributed by atoms with Gasteiger partial charge in [0, 0.05) is 20.5 Å². The molecule has 8 heteroatoms. The Bertz CT molecular complexity index is 963. The zero-order valence-electron chi connectivity index (χ0n) is 15.3. The highest BCUT2D eigenvalue weighted by molar-refractivity contribution is 5.90. The van der Waals surface area contributed by atoms with Crippen molar-refractivity contribution < 1.29 is 14.3 Å². The molecule has 27 heavy (non-hydrogen) atoms. The molecular formula is C19H19N5O3. The summed E-state index contributed by atoms with van der Waals surface area (Å²) < 4.78 is 4.76. The van der Waals surface area contributed by atoms with Crippen LogP contribution in [0, 0.1) is 0 Å². The third kappa shape index (κ3) is 4.17. The zero-order chi connectivity index (χ0) is 19.4. The summed E-state index contributed by atoms with van der Waals surface area (Å²) >= 11 is 0. The van der Waals surface area contributed by atoms with Crippen LogP contribution in [-0.4, -0.2) is 58.3 Å². The van der Waals surface area contributed by atoms with Crippen LogP contribution in [-0.2, 0) is 11.2 Å². The van der Waals surface area contributed by atoms with Crippen molar-refractivity contribution in [3.05, 3.63) is 65.5 Å². The number of carbonyl (C=O) groups is 2. The fourth-order valence-corrected chi connectivity index (χ4v) is 2.52. The van der Waals surface area contributed by atoms with E-state index in [0.29, 0.717) is 17.8 Å². The number of methoxy groups -OCH3 is 1. The summed E-state index contributed by atoms with van der Waals surface area (Å²) in [5, 5.41) is 11.8. The lowest BCUT2D eigenvalue weighted by Crippen LogP contribution is -2.29. The second-order valence-corrected chi connectivity index (χ2v) is 6.12. The van der Waals surface area contributed by atoms with E-state index in [1.54, 1.807) is 26.2 Å². The predicted octanol–water partition coefficient (Wildman–Crippen LogP) is 2.25. The number of amides is 1. The fourth-order valence-electron chi connectivity index (χ4n) is 2.52. The molecule has 0 saturated heterocycles. The van der Waals surface area contributed by atoms with E-state index in [1.807, 2.05) is 36.4 Å². The van der Waals surface area contributed by atoms with Crippen LogP contribution in [0.4, 0.5) is 4.79 Å². The van der Waals surface area contributed by atoms with Gasteiger partial charge < -0.3 is 9.64 Å². The Balaban J connectivity index is 1.74. The number of hydrogen-bond acceptors (Lipinski definition) is 6. The number of rotatable bonds is 4. The van der Waals surface area contributed by atoms with Crippen LogP contribution in [0.5, 0.6) is 0 Å². The van der Waals surface area contributed by atoms with E-state index in [1.165, 1.54) is 12.0 Å². The van der Waals surface area contributed by atoms with E-state index in [2.05, 4.69) is 15.4 Å². The van der Waals surface area contributed by atoms with Gasteiger partial charge in [0.2, 0.25) is 0 Å². The average Bonchev–Trinajstić information content (AvgIpc) is 3.15. The molecule has 2 aromatic carbocycles. The smallest absolute Gasteiger partial charge is 0.362 e. The molecule has 0 spiro atoms. The summed E-state index contributed by atoms with van der Waals surface area (Å²) in [5.74, 6) is 0.0977. The number of aromatic nitrogens is 4. The van der Waals surface area contributed by atoms with Crippen molar-refractivity contribution >= 4 is 12.0 Å². The largest absolute Gasteiger partial charge is 0.465 e. The molecule has 0 aliphatic rings. The molecule has 0 aliphatic heterocycles. The molecule has 138 valence electrons. The molecule has 0 bridgehead atoms. The second-order valence-electron chi connectivity index (χ2n) is 6.12. The lowest BCUT2D eigenvalue weighted by molar-refractivity contribution is 0.0600. The first-order valence-corrected chi connectivity index (χ1v) is 8.26. The van der Waals surface area contributed by atoms with Crippen molar-refractivity contribution in [3.8, 4) is 11.1 Å². The summed E-state index contributed by atoms with van der Waals surface area (Å²) in [6.45, 7) is 0. The molecule has 0 unspecified atom stereocenters. The van der Waals surface area contributed by atoms with Crippen LogP contribution in [0.15, 0.2) is 48.5 Å². The van der Waals surface area contributed by atoms with Crippen LogP contribution in [0.3, 0.4) is 0 Å². The van der Waals surface area contributed by atoms with Gasteiger partial charge in [-0.3, -0.25) is 0 Å². The van der Waals surface area contributed by atoms with Crippen LogP contribution in [0.25, 0.3) is 11.1 Å². The van der Waals surface area contributed by atoms with E-state index in [9.17, 15) is 9.59 Å². The third-order valence-electron chi connectivity index (χ3n) is 3.94. The lowest BCUT2D eigenvalue weighted by atomic mass is 10.0. The van der Waals surface area contributed by atoms with Gasteiger partial charge in [-0.05, 0) is 34.0 Å². The van der Waals surface area contributed by atoms with Gasteiger partial charge in [0.05, 0.1) is 12.7 Å². The Kier molecular flexibility index (Phi) is 5.25. The molecule has 0 saturated carbocycles. The Morgan fingerprint density at radius 2 is 1.81 bits per heavy atom. The minimum Gasteiger partial charge on any atom is -0.465 e. The quantitative estimate of drug-likeness (QED) is 0.659. The maximum atomic E-state index is 11.8. The van der Waals surface area contributed by atoms with Crippen molar-refractivity contribution in [2.45, 2.75) is 6.42 Å². The number of ether oxygens (including phenoxy) is 1. The molecule has 1 aromatic heterocycles. The molecule has 0 atom stereocenters. The average molecular weight is 365 g/mol. The monoisotopic (exact) mass is 365 g/mol. The van der Waals surface area contributed by atoms with E-state index in [0.717, 1.165) is 21.5 Å². The number of benzene rings is 2. The van der Waals surface area contributed by atoms with Crippen molar-refractivity contribution in [3.63, 3.8) is 0 Å². The van der Waals surface area contributed by atoms with Gasteiger partial charge >= 0.3 is 12.0 Å². The standard InChI is InChI=1S/C19H19N5O3/c1-23(2)19(26)24-21-17(20-22-24)11-13-7-9-14(10-8-13)15-5-4-6-16(12-15)18(25)27-3/h4-10,12H,11H2,1-3H3. The van der Waals surface area contributed by atoms with E-state index < -0.39 is 0 Å². The summed E-state index contributed by atoms with van der Waals surface area (Å²) in [5.41, 5.74) is 3.39. The summed E-state index contributed by atoms with van der Waals surface area (Å²) in [6, 6.07) is 14.7. The molecular weight excluding hydrogens is 346 g/mol. The minimum atomic E-state index is -0.366. The van der Waals surface area contributed by atoms with E-state index >= 15 is 0 Å². The molecule has 0 fully saturated rings. The Labute approximate surface area is 156 Å². The van der Waals surface area contributed by atoms with Crippen molar-refractivity contribution in [2.75, 3.05) is 21.2 Å². The van der Waals surface area contributed by atoms with Crippen LogP contribution < -0.4 is 0 Å². The molecule has 3 aromatic rings. The number of tetrazole rings is 1. The van der Waals surface area contributed by atoms with Gasteiger partial charge in [-0.2, -0.15) is 0 Å². The highest BCUT2D eigenvalue weighted by Gasteiger charge is 2.12. The molecule has 3 rings (SSSR count). The second kappa shape index (κ2) is 7.77. The number of esters is 1. The topological polar surface area (TPSA) is 90.2 Å². The third-order valence-corrected chi connectivity index (χ3v) is 3.94. The Morgan fingerprint density at radius 3 is 2.48 bits per heavy atom. The lowest BCUT2D eigenvalue weighted by Gasteiger charge is -2.06. The van der Waals surface area contributed by atoms with Gasteiger partial charge in [0.15, 0.2) is 5.82 Å². The molecule has 1 heterocycles. The van der Waals surface area contributed by atoms with Gasteiger partial charge in [0.25, 0.3) is 0 Å². The Hall–Kier alpha value is -3.55. The van der Waals surface area contributed by atoms with Crippen LogP contribution in [0.2, 0.25) is 0 Å². The minimum absolute atomic E-state index is 0.352. The van der Waals surface area contributed by atoms with Crippen molar-refractivity contribution in [2.24, 2.45) is 0 Å². The predicted molar refractivity (Wildman–Crippen MR) is 98.3 cm³/mol. The van der Waals surface area contributed by atoms with Crippen LogP contribution in [0.1, 0.15) is 21.7 Å². The van der Waals surface area contributed by atoms with Gasteiger partial charge in [0.1, 0.15) is 0 Å². The van der Waals surface area contributed by atoms with Gasteiger partial charge in [-0.15, -0.1) is 10.2 Å². The van der Waals surface area contributed by atoms with E-state index in [4.69, 9.17) is 4.74 Å². The summed E-state index contributed by atoms with van der Waals surface area (Å²) in [6.07, 6.45) is 0.461. The molecule has 0 radical (unpaired) electrons. The SMILES string of the molecule is COC(=O)c1cccc(-c2ccc(Cc3nnn(C(=O)N(C)C)n3)cc2)c1. The number of carbonyl (C=O) groups excluding carboxylic acids is 2. The molecule has 8 nitrogen and oxygen atoms in total. The highest BCUT2D eigenvalue weighted by Crippen LogP contribution is 2.22. The van der Waals surface area contributed by atoms with E-state index in [-0.39, 0.29) is 12.0 Å². The normalized spacial score (nSPS) is 10.5. The van der Waals surface area contributed by atoms with Crippen molar-refractivity contribution in [1.82, 2.24) is 25.1 Å². The summed E-state index contributed by atoms with van der Waals surface area (Å²) in [4.78, 5) is 25.8.